The monoisotopic (exact) mass is 309 g/mol. The molecule has 23 heavy (non-hydrogen) atoms. The first-order valence-corrected chi connectivity index (χ1v) is 7.66. The summed E-state index contributed by atoms with van der Waals surface area (Å²) in [6, 6.07) is 7.57. The zero-order valence-electron chi connectivity index (χ0n) is 13.9. The number of rotatable bonds is 3. The Labute approximate surface area is 137 Å². The summed E-state index contributed by atoms with van der Waals surface area (Å²) in [5.41, 5.74) is 1.77. The van der Waals surface area contributed by atoms with Crippen LogP contribution in [-0.4, -0.2) is 28.1 Å². The molecule has 6 heteroatoms. The Morgan fingerprint density at radius 1 is 1.17 bits per heavy atom. The van der Waals surface area contributed by atoms with Crippen LogP contribution >= 0.6 is 0 Å². The molecule has 0 bridgehead atoms. The van der Waals surface area contributed by atoms with Gasteiger partial charge in [-0.15, -0.1) is 0 Å². The summed E-state index contributed by atoms with van der Waals surface area (Å²) in [6.07, 6.45) is 3.69. The van der Waals surface area contributed by atoms with Gasteiger partial charge in [0.15, 0.2) is 5.69 Å². The van der Waals surface area contributed by atoms with Gasteiger partial charge in [-0.25, -0.2) is 4.85 Å². The second kappa shape index (κ2) is 5.52. The van der Waals surface area contributed by atoms with Crippen LogP contribution < -0.4 is 5.46 Å². The second-order valence-corrected chi connectivity index (χ2v) is 6.80. The molecule has 1 aliphatic heterocycles. The Hall–Kier alpha value is -2.10. The van der Waals surface area contributed by atoms with Crippen molar-refractivity contribution in [1.29, 1.82) is 0 Å². The first-order chi connectivity index (χ1) is 10.8. The van der Waals surface area contributed by atoms with Gasteiger partial charge in [-0.1, -0.05) is 24.3 Å². The molecule has 1 aliphatic rings. The van der Waals surface area contributed by atoms with E-state index in [1.54, 1.807) is 6.20 Å². The Bertz CT molecular complexity index is 745. The van der Waals surface area contributed by atoms with Crippen LogP contribution in [0.15, 0.2) is 36.7 Å². The van der Waals surface area contributed by atoms with Crippen molar-refractivity contribution < 1.29 is 9.31 Å². The quantitative estimate of drug-likeness (QED) is 0.646. The van der Waals surface area contributed by atoms with Gasteiger partial charge in [0, 0.05) is 17.9 Å². The predicted molar refractivity (Wildman–Crippen MR) is 89.7 cm³/mol. The van der Waals surface area contributed by atoms with Crippen molar-refractivity contribution in [2.75, 3.05) is 0 Å². The lowest BCUT2D eigenvalue weighted by Crippen LogP contribution is -2.41. The maximum atomic E-state index is 7.23. The number of nitrogens with zero attached hydrogens (tertiary/aromatic N) is 3. The highest BCUT2D eigenvalue weighted by Crippen LogP contribution is 2.36. The number of aromatic nitrogens is 2. The van der Waals surface area contributed by atoms with Gasteiger partial charge in [0.2, 0.25) is 0 Å². The lowest BCUT2D eigenvalue weighted by atomic mass is 9.82. The average Bonchev–Trinajstić information content (AvgIpc) is 3.02. The van der Waals surface area contributed by atoms with Crippen molar-refractivity contribution in [3.05, 3.63) is 53.6 Å². The van der Waals surface area contributed by atoms with Gasteiger partial charge in [-0.2, -0.15) is 5.10 Å². The van der Waals surface area contributed by atoms with Crippen LogP contribution in [0.3, 0.4) is 0 Å². The summed E-state index contributed by atoms with van der Waals surface area (Å²) >= 11 is 0. The molecule has 3 rings (SSSR count). The molecule has 0 radical (unpaired) electrons. The van der Waals surface area contributed by atoms with Crippen molar-refractivity contribution in [2.45, 2.75) is 45.4 Å². The molecule has 0 spiro atoms. The Morgan fingerprint density at radius 3 is 2.48 bits per heavy atom. The van der Waals surface area contributed by atoms with Gasteiger partial charge in [-0.05, 0) is 33.3 Å². The minimum atomic E-state index is -0.412. The molecule has 1 saturated heterocycles. The molecule has 0 N–H and O–H groups in total. The minimum Gasteiger partial charge on any atom is -0.399 e. The van der Waals surface area contributed by atoms with Gasteiger partial charge in [0.05, 0.1) is 24.3 Å². The highest BCUT2D eigenvalue weighted by atomic mass is 16.7. The lowest BCUT2D eigenvalue weighted by molar-refractivity contribution is 0.00578. The Morgan fingerprint density at radius 2 is 1.83 bits per heavy atom. The summed E-state index contributed by atoms with van der Waals surface area (Å²) in [5, 5.41) is 4.38. The Kier molecular flexibility index (Phi) is 3.79. The third kappa shape index (κ3) is 2.90. The topological polar surface area (TPSA) is 40.6 Å². The fourth-order valence-corrected chi connectivity index (χ4v) is 2.50. The van der Waals surface area contributed by atoms with Crippen LogP contribution in [0.25, 0.3) is 4.85 Å². The van der Waals surface area contributed by atoms with Gasteiger partial charge >= 0.3 is 7.12 Å². The molecule has 0 saturated carbocycles. The second-order valence-electron chi connectivity index (χ2n) is 6.80. The lowest BCUT2D eigenvalue weighted by Gasteiger charge is -2.32. The van der Waals surface area contributed by atoms with E-state index in [2.05, 4.69) is 9.94 Å². The number of para-hydroxylation sites is 1. The van der Waals surface area contributed by atoms with Gasteiger partial charge in [0.25, 0.3) is 0 Å². The smallest absolute Gasteiger partial charge is 0.399 e. The number of hydrogen-bond donors (Lipinski definition) is 0. The molecule has 0 amide bonds. The first-order valence-electron chi connectivity index (χ1n) is 7.66. The number of benzene rings is 1. The van der Waals surface area contributed by atoms with Crippen LogP contribution in [0.1, 0.15) is 33.3 Å². The molecule has 2 aromatic rings. The molecule has 118 valence electrons. The maximum absolute atomic E-state index is 7.23. The van der Waals surface area contributed by atoms with E-state index in [1.165, 1.54) is 0 Å². The van der Waals surface area contributed by atoms with Crippen LogP contribution in [0, 0.1) is 6.57 Å². The highest BCUT2D eigenvalue weighted by Gasteiger charge is 2.52. The van der Waals surface area contributed by atoms with Crippen molar-refractivity contribution in [3.63, 3.8) is 0 Å². The normalized spacial score (nSPS) is 18.8. The molecule has 5 nitrogen and oxygen atoms in total. The SMILES string of the molecule is [C-]#[N+]c1ccccc1Cn1cc(B2OC(C)(C)C(C)(C)O2)cn1. The largest absolute Gasteiger partial charge is 0.498 e. The fourth-order valence-electron chi connectivity index (χ4n) is 2.50. The van der Waals surface area contributed by atoms with Crippen molar-refractivity contribution in [3.8, 4) is 0 Å². The van der Waals surface area contributed by atoms with Gasteiger partial charge < -0.3 is 9.31 Å². The maximum Gasteiger partial charge on any atom is 0.498 e. The predicted octanol–water partition coefficient (Wildman–Crippen LogP) is 2.78. The van der Waals surface area contributed by atoms with E-state index in [1.807, 2.05) is 62.8 Å². The van der Waals surface area contributed by atoms with Gasteiger partial charge in [-0.3, -0.25) is 4.68 Å². The van der Waals surface area contributed by atoms with Crippen LogP contribution in [-0.2, 0) is 15.9 Å². The van der Waals surface area contributed by atoms with E-state index in [4.69, 9.17) is 15.9 Å². The van der Waals surface area contributed by atoms with Gasteiger partial charge in [0.1, 0.15) is 0 Å². The van der Waals surface area contributed by atoms with Crippen molar-refractivity contribution >= 4 is 18.3 Å². The molecule has 1 aromatic heterocycles. The zero-order valence-corrected chi connectivity index (χ0v) is 13.9. The van der Waals surface area contributed by atoms with E-state index >= 15 is 0 Å². The average molecular weight is 309 g/mol. The van der Waals surface area contributed by atoms with E-state index in [9.17, 15) is 0 Å². The minimum absolute atomic E-state index is 0.365. The fraction of sp³-hybridized carbons (Fsp3) is 0.412. The summed E-state index contributed by atoms with van der Waals surface area (Å²) < 4.78 is 13.9. The molecule has 0 atom stereocenters. The molecule has 0 unspecified atom stereocenters. The van der Waals surface area contributed by atoms with E-state index < -0.39 is 7.12 Å². The molecule has 1 fully saturated rings. The van der Waals surface area contributed by atoms with E-state index in [0.29, 0.717) is 12.2 Å². The molecular formula is C17H20BN3O2. The van der Waals surface area contributed by atoms with Crippen LogP contribution in [0.2, 0.25) is 0 Å². The third-order valence-corrected chi connectivity index (χ3v) is 4.62. The summed E-state index contributed by atoms with van der Waals surface area (Å²) in [6.45, 7) is 15.9. The number of hydrogen-bond acceptors (Lipinski definition) is 3. The summed E-state index contributed by atoms with van der Waals surface area (Å²) in [4.78, 5) is 3.55. The Balaban J connectivity index is 1.79. The zero-order chi connectivity index (χ0) is 16.7. The molecular weight excluding hydrogens is 289 g/mol. The highest BCUT2D eigenvalue weighted by molar-refractivity contribution is 6.61. The molecule has 1 aromatic carbocycles. The van der Waals surface area contributed by atoms with E-state index in [-0.39, 0.29) is 11.2 Å². The standard InChI is InChI=1S/C17H20BN3O2/c1-16(2)17(3,4)23-18(22-16)14-10-20-21(12-14)11-13-8-6-7-9-15(13)19-5/h6-10,12H,11H2,1-4H3. The third-order valence-electron chi connectivity index (χ3n) is 4.62. The summed E-state index contributed by atoms with van der Waals surface area (Å²) in [5.74, 6) is 0. The molecule has 0 aliphatic carbocycles. The molecule has 2 heterocycles. The van der Waals surface area contributed by atoms with Crippen molar-refractivity contribution in [1.82, 2.24) is 9.78 Å². The van der Waals surface area contributed by atoms with Crippen molar-refractivity contribution in [2.24, 2.45) is 0 Å². The first kappa shape index (κ1) is 15.8. The van der Waals surface area contributed by atoms with Crippen LogP contribution in [0.5, 0.6) is 0 Å². The summed E-state index contributed by atoms with van der Waals surface area (Å²) in [7, 11) is -0.412. The van der Waals surface area contributed by atoms with E-state index in [0.717, 1.165) is 11.0 Å². The van der Waals surface area contributed by atoms with Crippen LogP contribution in [0.4, 0.5) is 5.69 Å².